The van der Waals surface area contributed by atoms with Crippen LogP contribution in [0.25, 0.3) is 0 Å². The van der Waals surface area contributed by atoms with Crippen molar-refractivity contribution in [2.45, 2.75) is 32.7 Å². The summed E-state index contributed by atoms with van der Waals surface area (Å²) in [5, 5.41) is 1.94. The third-order valence-electron chi connectivity index (χ3n) is 3.53. The van der Waals surface area contributed by atoms with Crippen molar-refractivity contribution in [3.63, 3.8) is 0 Å². The fourth-order valence-electron chi connectivity index (χ4n) is 2.08. The molecule has 128 valence electrons. The standard InChI is InChI=1S/C21H23ClOSi2/c1-24(2,3)15-13-18-17-19(22)11-12-21(18)23-14-16-25(4,5)20-9-7-6-8-10-20/h6-12,17H,1-5H3. The molecule has 2 aromatic carbocycles. The predicted molar refractivity (Wildman–Crippen MR) is 114 cm³/mol. The summed E-state index contributed by atoms with van der Waals surface area (Å²) in [6, 6.07) is 15.9. The lowest BCUT2D eigenvalue weighted by molar-refractivity contribution is 0.518. The van der Waals surface area contributed by atoms with Gasteiger partial charge in [-0.25, -0.2) is 0 Å². The summed E-state index contributed by atoms with van der Waals surface area (Å²) in [5.74, 6) is 3.89. The molecular formula is C21H23ClOSi2. The van der Waals surface area contributed by atoms with Crippen molar-refractivity contribution >= 4 is 32.9 Å². The molecule has 0 amide bonds. The van der Waals surface area contributed by atoms with Crippen LogP contribution in [0.1, 0.15) is 5.56 Å². The van der Waals surface area contributed by atoms with Gasteiger partial charge in [0.1, 0.15) is 14.2 Å². The molecule has 0 bridgehead atoms. The van der Waals surface area contributed by atoms with Gasteiger partial charge in [0, 0.05) is 5.02 Å². The van der Waals surface area contributed by atoms with Crippen LogP contribution in [0, 0.1) is 23.1 Å². The maximum absolute atomic E-state index is 6.11. The maximum atomic E-state index is 6.11. The van der Waals surface area contributed by atoms with Crippen LogP contribution in [-0.4, -0.2) is 16.1 Å². The summed E-state index contributed by atoms with van der Waals surface area (Å²) in [6.45, 7) is 11.1. The SMILES string of the molecule is C[Si](C)(C)C#Cc1cc(Cl)ccc1OC#C[Si](C)(C)c1ccccc1. The number of benzene rings is 2. The quantitative estimate of drug-likeness (QED) is 0.520. The molecule has 2 rings (SSSR count). The van der Waals surface area contributed by atoms with Gasteiger partial charge in [0.05, 0.1) is 5.56 Å². The van der Waals surface area contributed by atoms with Gasteiger partial charge in [-0.1, -0.05) is 86.1 Å². The largest absolute Gasteiger partial charge is 0.407 e. The molecule has 1 nitrogen and oxygen atoms in total. The second-order valence-corrected chi connectivity index (χ2v) is 16.7. The second kappa shape index (κ2) is 7.98. The zero-order valence-electron chi connectivity index (χ0n) is 15.4. The first-order valence-corrected chi connectivity index (χ1v) is 15.1. The molecule has 0 atom stereocenters. The number of rotatable bonds is 2. The Bertz CT molecular complexity index is 860. The molecule has 0 spiro atoms. The lowest BCUT2D eigenvalue weighted by Gasteiger charge is -2.14. The number of hydrogen-bond acceptors (Lipinski definition) is 1. The number of ether oxygens (including phenoxy) is 1. The Balaban J connectivity index is 2.26. The molecule has 0 heterocycles. The van der Waals surface area contributed by atoms with Crippen molar-refractivity contribution in [2.75, 3.05) is 0 Å². The van der Waals surface area contributed by atoms with Gasteiger partial charge in [-0.05, 0) is 23.4 Å². The average molecular weight is 383 g/mol. The number of halogens is 1. The van der Waals surface area contributed by atoms with Crippen molar-refractivity contribution in [3.8, 4) is 28.9 Å². The molecule has 25 heavy (non-hydrogen) atoms. The summed E-state index contributed by atoms with van der Waals surface area (Å²) < 4.78 is 5.74. The van der Waals surface area contributed by atoms with E-state index in [0.717, 1.165) is 5.56 Å². The topological polar surface area (TPSA) is 9.23 Å². The first-order chi connectivity index (χ1) is 11.7. The molecule has 0 saturated heterocycles. The van der Waals surface area contributed by atoms with Gasteiger partial charge in [0.25, 0.3) is 0 Å². The molecular weight excluding hydrogens is 360 g/mol. The summed E-state index contributed by atoms with van der Waals surface area (Å²) >= 11 is 6.11. The van der Waals surface area contributed by atoms with E-state index in [2.05, 4.69) is 80.1 Å². The Morgan fingerprint density at radius 2 is 1.56 bits per heavy atom. The van der Waals surface area contributed by atoms with E-state index < -0.39 is 16.1 Å². The van der Waals surface area contributed by atoms with Crippen molar-refractivity contribution in [1.82, 2.24) is 0 Å². The monoisotopic (exact) mass is 382 g/mol. The minimum Gasteiger partial charge on any atom is -0.407 e. The summed E-state index contributed by atoms with van der Waals surface area (Å²) in [5.41, 5.74) is 7.48. The zero-order chi connectivity index (χ0) is 18.5. The minimum atomic E-state index is -1.85. The van der Waals surface area contributed by atoms with Crippen LogP contribution in [0.4, 0.5) is 0 Å². The highest BCUT2D eigenvalue weighted by atomic mass is 35.5. The van der Waals surface area contributed by atoms with Crippen molar-refractivity contribution in [3.05, 3.63) is 59.1 Å². The highest BCUT2D eigenvalue weighted by molar-refractivity contribution is 6.96. The van der Waals surface area contributed by atoms with Crippen molar-refractivity contribution < 1.29 is 4.74 Å². The molecule has 0 aliphatic heterocycles. The van der Waals surface area contributed by atoms with Crippen molar-refractivity contribution in [2.24, 2.45) is 0 Å². The van der Waals surface area contributed by atoms with Crippen LogP contribution >= 0.6 is 11.6 Å². The Labute approximate surface area is 158 Å². The van der Waals surface area contributed by atoms with E-state index in [0.29, 0.717) is 10.8 Å². The van der Waals surface area contributed by atoms with E-state index in [1.807, 2.05) is 18.2 Å². The highest BCUT2D eigenvalue weighted by Gasteiger charge is 2.20. The molecule has 2 aromatic rings. The molecule has 0 aliphatic carbocycles. The van der Waals surface area contributed by atoms with Gasteiger partial charge in [-0.3, -0.25) is 0 Å². The molecule has 0 aliphatic rings. The third-order valence-corrected chi connectivity index (χ3v) is 7.15. The average Bonchev–Trinajstić information content (AvgIpc) is 2.54. The van der Waals surface area contributed by atoms with Gasteiger partial charge < -0.3 is 4.74 Å². The van der Waals surface area contributed by atoms with Gasteiger partial charge >= 0.3 is 0 Å². The third kappa shape index (κ3) is 6.14. The lowest BCUT2D eigenvalue weighted by Crippen LogP contribution is -2.40. The molecule has 4 heteroatoms. The summed E-state index contributed by atoms with van der Waals surface area (Å²) in [4.78, 5) is 0. The van der Waals surface area contributed by atoms with E-state index in [9.17, 15) is 0 Å². The Morgan fingerprint density at radius 1 is 0.880 bits per heavy atom. The molecule has 0 unspecified atom stereocenters. The van der Waals surface area contributed by atoms with Crippen LogP contribution in [0.15, 0.2) is 48.5 Å². The van der Waals surface area contributed by atoms with E-state index >= 15 is 0 Å². The highest BCUT2D eigenvalue weighted by Crippen LogP contribution is 2.22. The smallest absolute Gasteiger partial charge is 0.167 e. The minimum absolute atomic E-state index is 0.652. The summed E-state index contributed by atoms with van der Waals surface area (Å²) in [7, 11) is -3.33. The van der Waals surface area contributed by atoms with Crippen LogP contribution in [0.3, 0.4) is 0 Å². The molecule has 0 aromatic heterocycles. The fraction of sp³-hybridized carbons (Fsp3) is 0.238. The van der Waals surface area contributed by atoms with Crippen molar-refractivity contribution in [1.29, 1.82) is 0 Å². The van der Waals surface area contributed by atoms with E-state index in [1.54, 1.807) is 6.07 Å². The maximum Gasteiger partial charge on any atom is 0.167 e. The van der Waals surface area contributed by atoms with Crippen LogP contribution in [0.2, 0.25) is 37.8 Å². The fourth-order valence-corrected chi connectivity index (χ4v) is 4.24. The van der Waals surface area contributed by atoms with Gasteiger partial charge in [-0.15, -0.1) is 5.54 Å². The zero-order valence-corrected chi connectivity index (χ0v) is 18.2. The Hall–Kier alpha value is -1.92. The first kappa shape index (κ1) is 19.4. The number of hydrogen-bond donors (Lipinski definition) is 0. The first-order valence-electron chi connectivity index (χ1n) is 8.25. The predicted octanol–water partition coefficient (Wildman–Crippen LogP) is 5.06. The normalized spacial score (nSPS) is 11.0. The summed E-state index contributed by atoms with van der Waals surface area (Å²) in [6.07, 6.45) is 2.91. The van der Waals surface area contributed by atoms with Crippen LogP contribution < -0.4 is 9.92 Å². The van der Waals surface area contributed by atoms with Crippen LogP contribution in [0.5, 0.6) is 5.75 Å². The van der Waals surface area contributed by atoms with Gasteiger partial charge in [0.2, 0.25) is 0 Å². The molecule has 0 saturated carbocycles. The lowest BCUT2D eigenvalue weighted by atomic mass is 10.2. The van der Waals surface area contributed by atoms with E-state index in [4.69, 9.17) is 16.3 Å². The second-order valence-electron chi connectivity index (χ2n) is 7.46. The van der Waals surface area contributed by atoms with Crippen LogP contribution in [-0.2, 0) is 0 Å². The van der Waals surface area contributed by atoms with Gasteiger partial charge in [-0.2, -0.15) is 0 Å². The van der Waals surface area contributed by atoms with E-state index in [-0.39, 0.29) is 0 Å². The Morgan fingerprint density at radius 3 is 2.20 bits per heavy atom. The van der Waals surface area contributed by atoms with Gasteiger partial charge in [0.15, 0.2) is 13.8 Å². The molecule has 0 fully saturated rings. The Kier molecular flexibility index (Phi) is 6.19. The molecule has 0 N–H and O–H groups in total. The molecule has 0 radical (unpaired) electrons. The van der Waals surface area contributed by atoms with E-state index in [1.165, 1.54) is 5.19 Å².